The lowest BCUT2D eigenvalue weighted by atomic mass is 10.1. The molecule has 0 unspecified atom stereocenters. The third kappa shape index (κ3) is 3.16. The molecule has 102 valence electrons. The van der Waals surface area contributed by atoms with E-state index in [9.17, 15) is 4.39 Å². The van der Waals surface area contributed by atoms with Gasteiger partial charge >= 0.3 is 0 Å². The number of benzene rings is 2. The molecule has 0 heterocycles. The fourth-order valence-electron chi connectivity index (χ4n) is 1.67. The summed E-state index contributed by atoms with van der Waals surface area (Å²) < 4.78 is 13.5. The van der Waals surface area contributed by atoms with E-state index in [2.05, 4.69) is 4.99 Å². The summed E-state index contributed by atoms with van der Waals surface area (Å²) >= 11 is 5.66. The van der Waals surface area contributed by atoms with Crippen molar-refractivity contribution in [2.75, 3.05) is 5.73 Å². The van der Waals surface area contributed by atoms with Crippen molar-refractivity contribution in [3.05, 3.63) is 70.6 Å². The van der Waals surface area contributed by atoms with Crippen molar-refractivity contribution < 1.29 is 4.39 Å². The third-order valence-corrected chi connectivity index (χ3v) is 2.97. The maximum absolute atomic E-state index is 13.5. The Morgan fingerprint density at radius 1 is 1.20 bits per heavy atom. The molecule has 0 amide bonds. The minimum absolute atomic E-state index is 0.0327. The highest BCUT2D eigenvalue weighted by molar-refractivity contribution is 6.31. The van der Waals surface area contributed by atoms with Crippen LogP contribution in [0.5, 0.6) is 0 Å². The zero-order chi connectivity index (χ0) is 14.5. The summed E-state index contributed by atoms with van der Waals surface area (Å²) in [4.78, 5) is 4.24. The summed E-state index contributed by atoms with van der Waals surface area (Å²) in [5.74, 6) is -0.565. The molecule has 3 nitrogen and oxygen atoms in total. The van der Waals surface area contributed by atoms with Gasteiger partial charge in [-0.2, -0.15) is 0 Å². The molecule has 0 aliphatic heterocycles. The lowest BCUT2D eigenvalue weighted by Gasteiger charge is -2.07. The first-order valence-electron chi connectivity index (χ1n) is 5.87. The van der Waals surface area contributed by atoms with Gasteiger partial charge in [0.1, 0.15) is 5.82 Å². The average Bonchev–Trinajstić information content (AvgIpc) is 2.46. The van der Waals surface area contributed by atoms with Crippen LogP contribution in [-0.4, -0.2) is 6.21 Å². The second-order valence-electron chi connectivity index (χ2n) is 4.07. The first kappa shape index (κ1) is 14.1. The van der Waals surface area contributed by atoms with Crippen LogP contribution in [0.2, 0.25) is 5.02 Å². The van der Waals surface area contributed by atoms with Gasteiger partial charge in [0, 0.05) is 23.7 Å². The minimum atomic E-state index is -0.565. The summed E-state index contributed by atoms with van der Waals surface area (Å²) in [6.45, 7) is 0. The molecule has 0 radical (unpaired) electrons. The standard InChI is InChI=1S/C15H13ClFN3/c16-12-7-14(19)11(6-13(12)17)15(8-18)20-9-10-4-2-1-3-5-10/h1-9H,18-19H2/b15-8+,20-9?. The number of anilines is 1. The van der Waals surface area contributed by atoms with Crippen molar-refractivity contribution in [2.45, 2.75) is 0 Å². The van der Waals surface area contributed by atoms with Gasteiger partial charge in [-0.15, -0.1) is 0 Å². The molecule has 0 aromatic heterocycles. The summed E-state index contributed by atoms with van der Waals surface area (Å²) in [5.41, 5.74) is 13.4. The van der Waals surface area contributed by atoms with Crippen LogP contribution in [-0.2, 0) is 0 Å². The second-order valence-corrected chi connectivity index (χ2v) is 4.48. The number of rotatable bonds is 3. The Bertz CT molecular complexity index is 666. The van der Waals surface area contributed by atoms with Crippen LogP contribution in [0, 0.1) is 5.82 Å². The van der Waals surface area contributed by atoms with E-state index >= 15 is 0 Å². The molecule has 4 N–H and O–H groups in total. The molecule has 2 aromatic rings. The zero-order valence-corrected chi connectivity index (χ0v) is 11.3. The van der Waals surface area contributed by atoms with Gasteiger partial charge in [-0.05, 0) is 17.7 Å². The van der Waals surface area contributed by atoms with Gasteiger partial charge in [0.15, 0.2) is 0 Å². The highest BCUT2D eigenvalue weighted by Gasteiger charge is 2.09. The molecule has 0 saturated heterocycles. The summed E-state index contributed by atoms with van der Waals surface area (Å²) in [5, 5.41) is -0.0327. The van der Waals surface area contributed by atoms with Crippen LogP contribution in [0.25, 0.3) is 5.70 Å². The summed E-state index contributed by atoms with van der Waals surface area (Å²) in [6.07, 6.45) is 2.91. The van der Waals surface area contributed by atoms with Crippen molar-refractivity contribution in [3.8, 4) is 0 Å². The van der Waals surface area contributed by atoms with Crippen molar-refractivity contribution in [1.82, 2.24) is 0 Å². The molecule has 0 fully saturated rings. The highest BCUT2D eigenvalue weighted by atomic mass is 35.5. The van der Waals surface area contributed by atoms with Crippen LogP contribution < -0.4 is 11.5 Å². The number of hydrogen-bond acceptors (Lipinski definition) is 3. The number of halogens is 2. The van der Waals surface area contributed by atoms with Crippen LogP contribution in [0.1, 0.15) is 11.1 Å². The Hall–Kier alpha value is -2.33. The Morgan fingerprint density at radius 2 is 1.90 bits per heavy atom. The fraction of sp³-hybridized carbons (Fsp3) is 0. The minimum Gasteiger partial charge on any atom is -0.403 e. The van der Waals surface area contributed by atoms with Gasteiger partial charge < -0.3 is 11.5 Å². The Balaban J connectivity index is 2.35. The maximum Gasteiger partial charge on any atom is 0.142 e. The maximum atomic E-state index is 13.5. The highest BCUT2D eigenvalue weighted by Crippen LogP contribution is 2.27. The zero-order valence-electron chi connectivity index (χ0n) is 10.6. The number of nitrogens with two attached hydrogens (primary N) is 2. The number of hydrogen-bond donors (Lipinski definition) is 2. The van der Waals surface area contributed by atoms with E-state index in [0.717, 1.165) is 5.56 Å². The number of aliphatic imine (C=N–C) groups is 1. The van der Waals surface area contributed by atoms with Crippen molar-refractivity contribution in [2.24, 2.45) is 10.7 Å². The lowest BCUT2D eigenvalue weighted by molar-refractivity contribution is 0.628. The Labute approximate surface area is 121 Å². The summed E-state index contributed by atoms with van der Waals surface area (Å²) in [6, 6.07) is 12.0. The van der Waals surface area contributed by atoms with Gasteiger partial charge in [0.2, 0.25) is 0 Å². The molecule has 0 aliphatic rings. The van der Waals surface area contributed by atoms with Gasteiger partial charge in [-0.1, -0.05) is 41.9 Å². The van der Waals surface area contributed by atoms with Crippen molar-refractivity contribution in [1.29, 1.82) is 0 Å². The number of nitrogen functional groups attached to an aromatic ring is 1. The van der Waals surface area contributed by atoms with E-state index in [1.165, 1.54) is 18.3 Å². The quantitative estimate of drug-likeness (QED) is 0.671. The van der Waals surface area contributed by atoms with E-state index in [-0.39, 0.29) is 5.02 Å². The first-order chi connectivity index (χ1) is 9.61. The molecular weight excluding hydrogens is 277 g/mol. The monoisotopic (exact) mass is 289 g/mol. The smallest absolute Gasteiger partial charge is 0.142 e. The molecule has 2 aromatic carbocycles. The molecular formula is C15H13ClFN3. The molecule has 0 saturated carbocycles. The third-order valence-electron chi connectivity index (χ3n) is 2.68. The predicted octanol–water partition coefficient (Wildman–Crippen LogP) is 3.44. The molecule has 20 heavy (non-hydrogen) atoms. The van der Waals surface area contributed by atoms with E-state index in [1.54, 1.807) is 6.21 Å². The molecule has 0 bridgehead atoms. The second kappa shape index (κ2) is 6.21. The molecule has 0 spiro atoms. The van der Waals surface area contributed by atoms with E-state index in [4.69, 9.17) is 23.1 Å². The predicted molar refractivity (Wildman–Crippen MR) is 82.0 cm³/mol. The normalized spacial score (nSPS) is 12.0. The fourth-order valence-corrected chi connectivity index (χ4v) is 1.84. The topological polar surface area (TPSA) is 64.4 Å². The Kier molecular flexibility index (Phi) is 4.38. The molecule has 0 aliphatic carbocycles. The van der Waals surface area contributed by atoms with E-state index in [0.29, 0.717) is 16.9 Å². The van der Waals surface area contributed by atoms with Gasteiger partial charge in [0.25, 0.3) is 0 Å². The van der Waals surface area contributed by atoms with E-state index in [1.807, 2.05) is 30.3 Å². The molecule has 0 atom stereocenters. The lowest BCUT2D eigenvalue weighted by Crippen LogP contribution is -1.97. The van der Waals surface area contributed by atoms with Crippen LogP contribution in [0.15, 0.2) is 53.7 Å². The Morgan fingerprint density at radius 3 is 2.55 bits per heavy atom. The molecule has 5 heteroatoms. The van der Waals surface area contributed by atoms with Gasteiger partial charge in [-0.3, -0.25) is 4.99 Å². The summed E-state index contributed by atoms with van der Waals surface area (Å²) in [7, 11) is 0. The largest absolute Gasteiger partial charge is 0.403 e. The van der Waals surface area contributed by atoms with E-state index < -0.39 is 5.82 Å². The number of nitrogens with zero attached hydrogens (tertiary/aromatic N) is 1. The van der Waals surface area contributed by atoms with Crippen LogP contribution in [0.4, 0.5) is 10.1 Å². The SMILES string of the molecule is N/C=C(/N=Cc1ccccc1)c1cc(F)c(Cl)cc1N. The first-order valence-corrected chi connectivity index (χ1v) is 6.25. The molecule has 2 rings (SSSR count). The van der Waals surface area contributed by atoms with Gasteiger partial charge in [-0.25, -0.2) is 4.39 Å². The van der Waals surface area contributed by atoms with Crippen molar-refractivity contribution in [3.63, 3.8) is 0 Å². The van der Waals surface area contributed by atoms with Crippen LogP contribution >= 0.6 is 11.6 Å². The average molecular weight is 290 g/mol. The van der Waals surface area contributed by atoms with Crippen LogP contribution in [0.3, 0.4) is 0 Å². The van der Waals surface area contributed by atoms with Gasteiger partial charge in [0.05, 0.1) is 10.7 Å². The van der Waals surface area contributed by atoms with Crippen molar-refractivity contribution >= 4 is 29.2 Å².